The standard InChI is InChI=1S/C17H11N3O/c18-12-14(13-19)11-16(20-9-5-2-6-10-20)17(21)15-7-3-1-4-8-15/h1-11H/b16-11-. The molecule has 4 nitrogen and oxygen atoms in total. The molecule has 0 saturated heterocycles. The molecule has 1 aromatic carbocycles. The number of hydrogen-bond acceptors (Lipinski definition) is 2. The summed E-state index contributed by atoms with van der Waals surface area (Å²) in [7, 11) is 0. The zero-order chi connectivity index (χ0) is 15.1. The summed E-state index contributed by atoms with van der Waals surface area (Å²) < 4.78 is 1.59. The Morgan fingerprint density at radius 1 is 1.10 bits per heavy atom. The fourth-order valence-electron chi connectivity index (χ4n) is 1.78. The summed E-state index contributed by atoms with van der Waals surface area (Å²) in [6.45, 7) is 0. The van der Waals surface area contributed by atoms with Crippen molar-refractivity contribution in [3.63, 3.8) is 0 Å². The van der Waals surface area contributed by atoms with Crippen LogP contribution >= 0.6 is 0 Å². The van der Waals surface area contributed by atoms with Gasteiger partial charge in [-0.1, -0.05) is 36.4 Å². The van der Waals surface area contributed by atoms with E-state index in [1.165, 1.54) is 6.08 Å². The lowest BCUT2D eigenvalue weighted by Gasteiger charge is -2.01. The van der Waals surface area contributed by atoms with E-state index in [0.29, 0.717) is 5.56 Å². The van der Waals surface area contributed by atoms with Crippen LogP contribution in [0.5, 0.6) is 0 Å². The molecule has 0 N–H and O–H groups in total. The number of ketones is 1. The molecule has 2 rings (SSSR count). The minimum atomic E-state index is -0.255. The zero-order valence-electron chi connectivity index (χ0n) is 11.1. The zero-order valence-corrected chi connectivity index (χ0v) is 11.1. The second-order valence-electron chi connectivity index (χ2n) is 4.14. The molecule has 0 aliphatic carbocycles. The topological polar surface area (TPSA) is 67.0 Å². The Labute approximate surface area is 122 Å². The average molecular weight is 273 g/mol. The highest BCUT2D eigenvalue weighted by Gasteiger charge is 2.21. The van der Waals surface area contributed by atoms with Crippen LogP contribution in [0.15, 0.2) is 72.6 Å². The predicted octanol–water partition coefficient (Wildman–Crippen LogP) is 2.39. The molecular formula is C17H11N3O. The SMILES string of the molecule is N#CC(=C=[N-])/C=C(/C(=O)c1ccccc1)[n+]1ccccc1. The number of Topliss-reactive ketones (excluding diaryl/α,β-unsaturated/α-hetero) is 1. The van der Waals surface area contributed by atoms with Crippen molar-refractivity contribution in [1.29, 1.82) is 5.26 Å². The van der Waals surface area contributed by atoms with E-state index in [4.69, 9.17) is 10.7 Å². The quantitative estimate of drug-likeness (QED) is 0.214. The minimum absolute atomic E-state index is 0.120. The summed E-state index contributed by atoms with van der Waals surface area (Å²) in [5.74, 6) is 1.52. The molecule has 0 unspecified atom stereocenters. The Hall–Kier alpha value is -3.28. The van der Waals surface area contributed by atoms with E-state index in [9.17, 15) is 4.79 Å². The molecule has 100 valence electrons. The van der Waals surface area contributed by atoms with Crippen molar-refractivity contribution in [3.8, 4) is 6.07 Å². The summed E-state index contributed by atoms with van der Waals surface area (Å²) in [5.41, 5.74) is 0.626. The third kappa shape index (κ3) is 3.38. The van der Waals surface area contributed by atoms with Crippen molar-refractivity contribution in [1.82, 2.24) is 0 Å². The average Bonchev–Trinajstić information content (AvgIpc) is 2.57. The first-order valence-electron chi connectivity index (χ1n) is 6.21. The lowest BCUT2D eigenvalue weighted by molar-refractivity contribution is -0.576. The number of nitriles is 1. The highest BCUT2D eigenvalue weighted by molar-refractivity contribution is 6.22. The second kappa shape index (κ2) is 6.76. The van der Waals surface area contributed by atoms with E-state index in [0.717, 1.165) is 0 Å². The van der Waals surface area contributed by atoms with Crippen LogP contribution in [0.1, 0.15) is 10.4 Å². The van der Waals surface area contributed by atoms with Gasteiger partial charge in [-0.15, -0.1) is 0 Å². The number of hydrogen-bond donors (Lipinski definition) is 0. The van der Waals surface area contributed by atoms with Crippen molar-refractivity contribution in [2.75, 3.05) is 0 Å². The van der Waals surface area contributed by atoms with E-state index in [1.807, 2.05) is 12.1 Å². The van der Waals surface area contributed by atoms with Crippen LogP contribution in [0, 0.1) is 11.3 Å². The number of pyridine rings is 1. The molecule has 0 saturated carbocycles. The lowest BCUT2D eigenvalue weighted by atomic mass is 10.1. The molecule has 0 aliphatic rings. The maximum Gasteiger partial charge on any atom is 0.260 e. The molecular weight excluding hydrogens is 262 g/mol. The van der Waals surface area contributed by atoms with Gasteiger partial charge in [0, 0.05) is 23.8 Å². The van der Waals surface area contributed by atoms with Crippen molar-refractivity contribution in [2.45, 2.75) is 0 Å². The molecule has 0 fully saturated rings. The van der Waals surface area contributed by atoms with Gasteiger partial charge >= 0.3 is 0 Å². The number of carbonyl (C=O) groups is 1. The van der Waals surface area contributed by atoms with Crippen LogP contribution in [0.25, 0.3) is 11.1 Å². The lowest BCUT2D eigenvalue weighted by Crippen LogP contribution is -2.35. The van der Waals surface area contributed by atoms with Crippen LogP contribution in [0.4, 0.5) is 0 Å². The summed E-state index contributed by atoms with van der Waals surface area (Å²) in [6, 6.07) is 15.9. The van der Waals surface area contributed by atoms with Gasteiger partial charge < -0.3 is 5.41 Å². The Morgan fingerprint density at radius 3 is 2.29 bits per heavy atom. The van der Waals surface area contributed by atoms with E-state index in [2.05, 4.69) is 0 Å². The van der Waals surface area contributed by atoms with Crippen LogP contribution in [0.3, 0.4) is 0 Å². The number of carbonyl (C=O) groups excluding carboxylic acids is 1. The maximum absolute atomic E-state index is 12.6. The van der Waals surface area contributed by atoms with Gasteiger partial charge in [-0.2, -0.15) is 9.83 Å². The third-order valence-corrected chi connectivity index (χ3v) is 2.78. The van der Waals surface area contributed by atoms with Gasteiger partial charge in [-0.25, -0.2) is 0 Å². The van der Waals surface area contributed by atoms with E-state index < -0.39 is 0 Å². The Kier molecular flexibility index (Phi) is 4.55. The fourth-order valence-corrected chi connectivity index (χ4v) is 1.78. The third-order valence-electron chi connectivity index (χ3n) is 2.78. The molecule has 1 aromatic heterocycles. The van der Waals surface area contributed by atoms with Crippen molar-refractivity contribution in [3.05, 3.63) is 83.5 Å². The van der Waals surface area contributed by atoms with Gasteiger partial charge in [0.1, 0.15) is 6.07 Å². The Bertz CT molecular complexity index is 765. The van der Waals surface area contributed by atoms with Gasteiger partial charge in [0.2, 0.25) is 0 Å². The van der Waals surface area contributed by atoms with Crippen LogP contribution in [0.2, 0.25) is 0 Å². The highest BCUT2D eigenvalue weighted by Crippen LogP contribution is 2.10. The number of nitrogens with zero attached hydrogens (tertiary/aromatic N) is 3. The van der Waals surface area contributed by atoms with Crippen molar-refractivity contribution < 1.29 is 9.36 Å². The van der Waals surface area contributed by atoms with Gasteiger partial charge in [0.25, 0.3) is 11.5 Å². The smallest absolute Gasteiger partial charge is 0.260 e. The van der Waals surface area contributed by atoms with Gasteiger partial charge in [-0.3, -0.25) is 10.7 Å². The Balaban J connectivity index is 2.55. The molecule has 1 heterocycles. The summed E-state index contributed by atoms with van der Waals surface area (Å²) in [6.07, 6.45) is 4.69. The van der Waals surface area contributed by atoms with E-state index >= 15 is 0 Å². The number of rotatable bonds is 4. The van der Waals surface area contributed by atoms with E-state index in [-0.39, 0.29) is 17.1 Å². The van der Waals surface area contributed by atoms with Crippen molar-refractivity contribution in [2.24, 2.45) is 0 Å². The molecule has 2 aromatic rings. The molecule has 0 radical (unpaired) electrons. The summed E-state index contributed by atoms with van der Waals surface area (Å²) >= 11 is 0. The first-order chi connectivity index (χ1) is 10.3. The molecule has 0 atom stereocenters. The number of allylic oxidation sites excluding steroid dienone is 3. The van der Waals surface area contributed by atoms with Crippen LogP contribution < -0.4 is 4.57 Å². The number of aromatic nitrogens is 1. The summed E-state index contributed by atoms with van der Waals surface area (Å²) in [5, 5.41) is 17.8. The molecule has 0 spiro atoms. The first kappa shape index (κ1) is 14.1. The molecule has 4 heteroatoms. The van der Waals surface area contributed by atoms with Gasteiger partial charge in [0.15, 0.2) is 12.4 Å². The molecule has 21 heavy (non-hydrogen) atoms. The number of benzene rings is 1. The molecule has 0 amide bonds. The van der Waals surface area contributed by atoms with Crippen molar-refractivity contribution >= 4 is 17.4 Å². The van der Waals surface area contributed by atoms with Crippen LogP contribution in [-0.4, -0.2) is 11.7 Å². The maximum atomic E-state index is 12.6. The second-order valence-corrected chi connectivity index (χ2v) is 4.14. The molecule has 0 bridgehead atoms. The van der Waals surface area contributed by atoms with E-state index in [1.54, 1.807) is 65.3 Å². The fraction of sp³-hybridized carbons (Fsp3) is 0. The molecule has 0 aliphatic heterocycles. The minimum Gasteiger partial charge on any atom is -0.762 e. The van der Waals surface area contributed by atoms with Gasteiger partial charge in [-0.05, 0) is 0 Å². The summed E-state index contributed by atoms with van der Waals surface area (Å²) in [4.78, 5) is 12.6. The van der Waals surface area contributed by atoms with Crippen LogP contribution in [-0.2, 0) is 0 Å². The predicted molar refractivity (Wildman–Crippen MR) is 79.2 cm³/mol. The first-order valence-corrected chi connectivity index (χ1v) is 6.21. The monoisotopic (exact) mass is 273 g/mol. The van der Waals surface area contributed by atoms with Gasteiger partial charge in [0.05, 0.1) is 5.57 Å². The normalized spacial score (nSPS) is 10.3. The highest BCUT2D eigenvalue weighted by atomic mass is 16.1. The largest absolute Gasteiger partial charge is 0.762 e. The Morgan fingerprint density at radius 2 is 1.71 bits per heavy atom.